The summed E-state index contributed by atoms with van der Waals surface area (Å²) in [5, 5.41) is 1.03. The van der Waals surface area contributed by atoms with Crippen LogP contribution in [0.1, 0.15) is 24.0 Å². The van der Waals surface area contributed by atoms with Crippen LogP contribution in [0.25, 0.3) is 0 Å². The SMILES string of the molecule is CCOC(=O)C(Cl)(Cl)C(c1ccc(Cl)cc1)c1ccccc1Cl. The van der Waals surface area contributed by atoms with Crippen LogP contribution in [0.4, 0.5) is 0 Å². The summed E-state index contributed by atoms with van der Waals surface area (Å²) in [6.45, 7) is 1.87. The van der Waals surface area contributed by atoms with E-state index in [0.29, 0.717) is 21.2 Å². The van der Waals surface area contributed by atoms with Crippen LogP contribution in [0.5, 0.6) is 0 Å². The fourth-order valence-corrected chi connectivity index (χ4v) is 3.26. The van der Waals surface area contributed by atoms with Crippen molar-refractivity contribution in [1.29, 1.82) is 0 Å². The first-order valence-corrected chi connectivity index (χ1v) is 8.44. The highest BCUT2D eigenvalue weighted by Crippen LogP contribution is 2.45. The molecule has 2 aromatic carbocycles. The Balaban J connectivity index is 2.58. The molecule has 0 fully saturated rings. The number of carbonyl (C=O) groups excluding carboxylic acids is 1. The van der Waals surface area contributed by atoms with Crippen LogP contribution in [-0.4, -0.2) is 16.9 Å². The van der Waals surface area contributed by atoms with Crippen molar-refractivity contribution in [2.24, 2.45) is 0 Å². The molecule has 0 bridgehead atoms. The first-order chi connectivity index (χ1) is 10.9. The van der Waals surface area contributed by atoms with Crippen LogP contribution in [0.15, 0.2) is 48.5 Å². The maximum atomic E-state index is 12.3. The highest BCUT2D eigenvalue weighted by atomic mass is 35.5. The van der Waals surface area contributed by atoms with E-state index in [2.05, 4.69) is 0 Å². The lowest BCUT2D eigenvalue weighted by Gasteiger charge is -2.29. The normalized spacial score (nSPS) is 12.7. The minimum Gasteiger partial charge on any atom is -0.464 e. The minimum absolute atomic E-state index is 0.176. The number of hydrogen-bond donors (Lipinski definition) is 0. The summed E-state index contributed by atoms with van der Waals surface area (Å²) in [4.78, 5) is 12.3. The fraction of sp³-hybridized carbons (Fsp3) is 0.235. The zero-order valence-corrected chi connectivity index (χ0v) is 15.3. The van der Waals surface area contributed by atoms with Crippen LogP contribution in [0.2, 0.25) is 10.0 Å². The van der Waals surface area contributed by atoms with E-state index in [1.54, 1.807) is 55.5 Å². The fourth-order valence-electron chi connectivity index (χ4n) is 2.29. The van der Waals surface area contributed by atoms with Gasteiger partial charge in [-0.25, -0.2) is 4.79 Å². The lowest BCUT2D eigenvalue weighted by molar-refractivity contribution is -0.144. The number of carbonyl (C=O) groups is 1. The maximum Gasteiger partial charge on any atom is 0.343 e. The summed E-state index contributed by atoms with van der Waals surface area (Å²) >= 11 is 25.1. The lowest BCUT2D eigenvalue weighted by atomic mass is 9.87. The zero-order chi connectivity index (χ0) is 17.0. The van der Waals surface area contributed by atoms with Crippen LogP contribution in [0.3, 0.4) is 0 Å². The van der Waals surface area contributed by atoms with E-state index in [9.17, 15) is 4.79 Å². The van der Waals surface area contributed by atoms with Crippen molar-refractivity contribution in [3.63, 3.8) is 0 Å². The third-order valence-electron chi connectivity index (χ3n) is 3.33. The molecule has 0 N–H and O–H groups in total. The monoisotopic (exact) mass is 390 g/mol. The van der Waals surface area contributed by atoms with E-state index in [0.717, 1.165) is 0 Å². The molecule has 0 saturated heterocycles. The van der Waals surface area contributed by atoms with Gasteiger partial charge in [0.1, 0.15) is 0 Å². The first-order valence-electron chi connectivity index (χ1n) is 6.92. The Hall–Kier alpha value is -0.930. The molecule has 2 nitrogen and oxygen atoms in total. The van der Waals surface area contributed by atoms with E-state index in [1.807, 2.05) is 0 Å². The van der Waals surface area contributed by atoms with Crippen LogP contribution in [0, 0.1) is 0 Å². The molecule has 0 aromatic heterocycles. The summed E-state index contributed by atoms with van der Waals surface area (Å²) in [7, 11) is 0. The van der Waals surface area contributed by atoms with E-state index in [-0.39, 0.29) is 6.61 Å². The molecule has 0 spiro atoms. The Labute approximate surface area is 155 Å². The van der Waals surface area contributed by atoms with Gasteiger partial charge in [0.15, 0.2) is 0 Å². The Morgan fingerprint density at radius 1 is 1.09 bits per heavy atom. The molecule has 23 heavy (non-hydrogen) atoms. The standard InChI is InChI=1S/C17H14Cl4O2/c1-2-23-16(22)17(20,21)15(11-7-9-12(18)10-8-11)13-5-3-4-6-14(13)19/h3-10,15H,2H2,1H3. The summed E-state index contributed by atoms with van der Waals surface area (Å²) in [5.74, 6) is -1.42. The van der Waals surface area contributed by atoms with Gasteiger partial charge in [-0.1, -0.05) is 76.7 Å². The van der Waals surface area contributed by atoms with Gasteiger partial charge in [-0.05, 0) is 36.2 Å². The first kappa shape index (κ1) is 18.4. The van der Waals surface area contributed by atoms with Crippen molar-refractivity contribution in [2.45, 2.75) is 17.2 Å². The van der Waals surface area contributed by atoms with Gasteiger partial charge in [-0.3, -0.25) is 0 Å². The minimum atomic E-state index is -1.82. The average Bonchev–Trinajstić information content (AvgIpc) is 2.51. The zero-order valence-electron chi connectivity index (χ0n) is 12.2. The molecule has 1 atom stereocenters. The number of rotatable bonds is 5. The maximum absolute atomic E-state index is 12.3. The van der Waals surface area contributed by atoms with Gasteiger partial charge in [0.25, 0.3) is 0 Å². The van der Waals surface area contributed by atoms with Crippen LogP contribution in [-0.2, 0) is 9.53 Å². The van der Waals surface area contributed by atoms with Gasteiger partial charge in [-0.15, -0.1) is 0 Å². The van der Waals surface area contributed by atoms with Gasteiger partial charge in [-0.2, -0.15) is 0 Å². The molecule has 122 valence electrons. The van der Waals surface area contributed by atoms with Gasteiger partial charge in [0.05, 0.1) is 12.5 Å². The second kappa shape index (κ2) is 7.76. The van der Waals surface area contributed by atoms with Gasteiger partial charge < -0.3 is 4.74 Å². The lowest BCUT2D eigenvalue weighted by Crippen LogP contribution is -2.36. The van der Waals surface area contributed by atoms with Gasteiger partial charge >= 0.3 is 5.97 Å². The number of ether oxygens (including phenoxy) is 1. The molecule has 2 rings (SSSR count). The Morgan fingerprint density at radius 2 is 1.70 bits per heavy atom. The molecule has 0 aliphatic heterocycles. The predicted molar refractivity (Wildman–Crippen MR) is 95.8 cm³/mol. The molecule has 1 unspecified atom stereocenters. The number of alkyl halides is 2. The second-order valence-corrected chi connectivity index (χ2v) is 7.08. The largest absolute Gasteiger partial charge is 0.464 e. The molecule has 0 saturated carbocycles. The summed E-state index contributed by atoms with van der Waals surface area (Å²) in [5.41, 5.74) is 1.34. The third-order valence-corrected chi connectivity index (χ3v) is 4.67. The molecule has 0 heterocycles. The van der Waals surface area contributed by atoms with E-state index >= 15 is 0 Å². The number of benzene rings is 2. The Bertz CT molecular complexity index is 683. The quantitative estimate of drug-likeness (QED) is 0.471. The van der Waals surface area contributed by atoms with Gasteiger partial charge in [0, 0.05) is 10.0 Å². The Morgan fingerprint density at radius 3 is 2.26 bits per heavy atom. The van der Waals surface area contributed by atoms with Crippen molar-refractivity contribution in [1.82, 2.24) is 0 Å². The van der Waals surface area contributed by atoms with Crippen molar-refractivity contribution >= 4 is 52.4 Å². The number of hydrogen-bond acceptors (Lipinski definition) is 2. The third kappa shape index (κ3) is 4.13. The molecule has 0 aliphatic rings. The average molecular weight is 392 g/mol. The number of esters is 1. The highest BCUT2D eigenvalue weighted by molar-refractivity contribution is 6.58. The number of halogens is 4. The molecule has 0 radical (unpaired) electrons. The summed E-state index contributed by atoms with van der Waals surface area (Å²) in [6.07, 6.45) is 0. The molecule has 6 heteroatoms. The Kier molecular flexibility index (Phi) is 6.21. The van der Waals surface area contributed by atoms with Gasteiger partial charge in [0.2, 0.25) is 4.33 Å². The van der Waals surface area contributed by atoms with Crippen LogP contribution >= 0.6 is 46.4 Å². The molecular weight excluding hydrogens is 378 g/mol. The molecule has 0 aliphatic carbocycles. The van der Waals surface area contributed by atoms with Crippen molar-refractivity contribution < 1.29 is 9.53 Å². The second-order valence-electron chi connectivity index (χ2n) is 4.85. The molecule has 0 amide bonds. The molecule has 2 aromatic rings. The van der Waals surface area contributed by atoms with E-state index < -0.39 is 16.2 Å². The van der Waals surface area contributed by atoms with Crippen LogP contribution < -0.4 is 0 Å². The van der Waals surface area contributed by atoms with E-state index in [1.165, 1.54) is 0 Å². The highest BCUT2D eigenvalue weighted by Gasteiger charge is 2.46. The smallest absolute Gasteiger partial charge is 0.343 e. The van der Waals surface area contributed by atoms with Crippen molar-refractivity contribution in [3.05, 3.63) is 69.7 Å². The van der Waals surface area contributed by atoms with E-state index in [4.69, 9.17) is 51.1 Å². The predicted octanol–water partition coefficient (Wildman–Crippen LogP) is 5.86. The van der Waals surface area contributed by atoms with Crippen molar-refractivity contribution in [2.75, 3.05) is 6.61 Å². The van der Waals surface area contributed by atoms with Crippen molar-refractivity contribution in [3.8, 4) is 0 Å². The summed E-state index contributed by atoms with van der Waals surface area (Å²) in [6, 6.07) is 14.0. The molecular formula is C17H14Cl4O2. The topological polar surface area (TPSA) is 26.3 Å². The summed E-state index contributed by atoms with van der Waals surface area (Å²) < 4.78 is 3.20.